The number of morpholine rings is 1. The van der Waals surface area contributed by atoms with Crippen LogP contribution in [0.2, 0.25) is 10.3 Å². The smallest absolute Gasteiger partial charge is 0.135 e. The van der Waals surface area contributed by atoms with Crippen LogP contribution in [0.4, 0.5) is 0 Å². The van der Waals surface area contributed by atoms with Crippen molar-refractivity contribution in [2.75, 3.05) is 13.2 Å². The van der Waals surface area contributed by atoms with E-state index in [2.05, 4.69) is 9.88 Å². The van der Waals surface area contributed by atoms with Crippen molar-refractivity contribution in [1.82, 2.24) is 9.88 Å². The Kier molecular flexibility index (Phi) is 4.27. The van der Waals surface area contributed by atoms with Gasteiger partial charge in [0, 0.05) is 24.7 Å². The average molecular weight is 301 g/mol. The second-order valence-electron chi connectivity index (χ2n) is 5.32. The molecular formula is C14H18Cl2N2O. The zero-order valence-corrected chi connectivity index (χ0v) is 12.3. The normalized spacial score (nSPS) is 28.1. The molecule has 0 aromatic carbocycles. The Hall–Kier alpha value is -0.350. The largest absolute Gasteiger partial charge is 0.375 e. The monoisotopic (exact) mass is 300 g/mol. The summed E-state index contributed by atoms with van der Waals surface area (Å²) < 4.78 is 5.89. The van der Waals surface area contributed by atoms with Gasteiger partial charge in [-0.2, -0.15) is 0 Å². The van der Waals surface area contributed by atoms with Crippen LogP contribution in [0.15, 0.2) is 12.1 Å². The third-order valence-electron chi connectivity index (χ3n) is 4.11. The molecule has 2 atom stereocenters. The highest BCUT2D eigenvalue weighted by Crippen LogP contribution is 2.30. The summed E-state index contributed by atoms with van der Waals surface area (Å²) in [6.45, 7) is 2.63. The number of rotatable bonds is 2. The molecule has 0 spiro atoms. The molecule has 2 aliphatic rings. The molecule has 2 heterocycles. The summed E-state index contributed by atoms with van der Waals surface area (Å²) in [7, 11) is 0. The Labute approximate surface area is 123 Å². The Morgan fingerprint density at radius 3 is 2.95 bits per heavy atom. The van der Waals surface area contributed by atoms with E-state index in [1.165, 1.54) is 25.7 Å². The number of nitrogens with zero attached hydrogens (tertiary/aromatic N) is 2. The molecule has 1 aromatic heterocycles. The molecule has 19 heavy (non-hydrogen) atoms. The fourth-order valence-electron chi connectivity index (χ4n) is 3.15. The van der Waals surface area contributed by atoms with Crippen LogP contribution in [0.5, 0.6) is 0 Å². The molecule has 1 aromatic rings. The highest BCUT2D eigenvalue weighted by atomic mass is 35.5. The van der Waals surface area contributed by atoms with E-state index < -0.39 is 0 Å². The molecule has 1 aliphatic heterocycles. The fourth-order valence-corrected chi connectivity index (χ4v) is 3.56. The average Bonchev–Trinajstić information content (AvgIpc) is 2.42. The van der Waals surface area contributed by atoms with Crippen LogP contribution in [0.1, 0.15) is 31.2 Å². The zero-order chi connectivity index (χ0) is 13.2. The Morgan fingerprint density at radius 2 is 2.11 bits per heavy atom. The van der Waals surface area contributed by atoms with Gasteiger partial charge in [-0.3, -0.25) is 4.90 Å². The molecule has 5 heteroatoms. The molecule has 3 nitrogen and oxygen atoms in total. The molecule has 2 fully saturated rings. The van der Waals surface area contributed by atoms with E-state index in [9.17, 15) is 0 Å². The summed E-state index contributed by atoms with van der Waals surface area (Å²) >= 11 is 12.0. The molecule has 0 amide bonds. The van der Waals surface area contributed by atoms with E-state index in [0.29, 0.717) is 22.5 Å². The summed E-state index contributed by atoms with van der Waals surface area (Å²) in [4.78, 5) is 6.61. The molecule has 0 radical (unpaired) electrons. The first kappa shape index (κ1) is 13.6. The minimum absolute atomic E-state index is 0.404. The van der Waals surface area contributed by atoms with Gasteiger partial charge in [-0.05, 0) is 18.9 Å². The molecule has 0 bridgehead atoms. The van der Waals surface area contributed by atoms with E-state index >= 15 is 0 Å². The van der Waals surface area contributed by atoms with Crippen molar-refractivity contribution >= 4 is 23.2 Å². The standard InChI is InChI=1S/C14H18Cl2N2O/c15-13-6-5-10(14(16)17-13)9-18-7-8-19-12-4-2-1-3-11(12)18/h5-6,11-12H,1-4,7-9H2. The number of pyridine rings is 1. The zero-order valence-electron chi connectivity index (χ0n) is 10.8. The second-order valence-corrected chi connectivity index (χ2v) is 6.06. The number of halogens is 2. The van der Waals surface area contributed by atoms with Gasteiger partial charge < -0.3 is 4.74 Å². The number of hydrogen-bond donors (Lipinski definition) is 0. The third-order valence-corrected chi connectivity index (χ3v) is 4.65. The van der Waals surface area contributed by atoms with Crippen molar-refractivity contribution < 1.29 is 4.74 Å². The van der Waals surface area contributed by atoms with Crippen LogP contribution >= 0.6 is 23.2 Å². The van der Waals surface area contributed by atoms with Crippen molar-refractivity contribution in [1.29, 1.82) is 0 Å². The predicted molar refractivity (Wildman–Crippen MR) is 76.7 cm³/mol. The molecule has 0 N–H and O–H groups in total. The highest BCUT2D eigenvalue weighted by molar-refractivity contribution is 6.32. The van der Waals surface area contributed by atoms with E-state index in [4.69, 9.17) is 27.9 Å². The van der Waals surface area contributed by atoms with Gasteiger partial charge >= 0.3 is 0 Å². The van der Waals surface area contributed by atoms with Gasteiger partial charge in [0.2, 0.25) is 0 Å². The highest BCUT2D eigenvalue weighted by Gasteiger charge is 2.34. The summed E-state index contributed by atoms with van der Waals surface area (Å²) in [5.41, 5.74) is 1.05. The lowest BCUT2D eigenvalue weighted by Crippen LogP contribution is -2.52. The number of hydrogen-bond acceptors (Lipinski definition) is 3. The number of fused-ring (bicyclic) bond motifs is 1. The first-order chi connectivity index (χ1) is 9.24. The maximum absolute atomic E-state index is 6.17. The van der Waals surface area contributed by atoms with Crippen molar-refractivity contribution in [3.8, 4) is 0 Å². The maximum atomic E-state index is 6.17. The molecular weight excluding hydrogens is 283 g/mol. The van der Waals surface area contributed by atoms with Crippen LogP contribution < -0.4 is 0 Å². The summed E-state index contributed by atoms with van der Waals surface area (Å²) in [5.74, 6) is 0. The van der Waals surface area contributed by atoms with Crippen molar-refractivity contribution in [3.05, 3.63) is 28.0 Å². The van der Waals surface area contributed by atoms with Crippen LogP contribution in [0, 0.1) is 0 Å². The minimum atomic E-state index is 0.404. The lowest BCUT2D eigenvalue weighted by Gasteiger charge is -2.43. The SMILES string of the molecule is Clc1ccc(CN2CCOC3CCCCC32)c(Cl)n1. The van der Waals surface area contributed by atoms with Gasteiger partial charge in [0.05, 0.1) is 12.7 Å². The Bertz CT molecular complexity index is 453. The van der Waals surface area contributed by atoms with Gasteiger partial charge in [0.15, 0.2) is 0 Å². The van der Waals surface area contributed by atoms with E-state index in [0.717, 1.165) is 25.3 Å². The number of ether oxygens (including phenoxy) is 1. The van der Waals surface area contributed by atoms with Gasteiger partial charge in [-0.25, -0.2) is 4.98 Å². The van der Waals surface area contributed by atoms with E-state index in [1.807, 2.05) is 12.1 Å². The van der Waals surface area contributed by atoms with Crippen molar-refractivity contribution in [2.45, 2.75) is 44.4 Å². The van der Waals surface area contributed by atoms with Crippen molar-refractivity contribution in [2.24, 2.45) is 0 Å². The molecule has 104 valence electrons. The molecule has 1 saturated carbocycles. The molecule has 1 saturated heterocycles. The lowest BCUT2D eigenvalue weighted by molar-refractivity contribution is -0.0911. The summed E-state index contributed by atoms with van der Waals surface area (Å²) in [5, 5.41) is 0.970. The van der Waals surface area contributed by atoms with Gasteiger partial charge in [-0.1, -0.05) is 42.1 Å². The van der Waals surface area contributed by atoms with Crippen molar-refractivity contribution in [3.63, 3.8) is 0 Å². The van der Waals surface area contributed by atoms with E-state index in [-0.39, 0.29) is 0 Å². The third kappa shape index (κ3) is 3.05. The van der Waals surface area contributed by atoms with Crippen LogP contribution in [0.3, 0.4) is 0 Å². The Morgan fingerprint density at radius 1 is 1.26 bits per heavy atom. The van der Waals surface area contributed by atoms with Gasteiger partial charge in [0.1, 0.15) is 10.3 Å². The lowest BCUT2D eigenvalue weighted by atomic mass is 9.90. The maximum Gasteiger partial charge on any atom is 0.135 e. The van der Waals surface area contributed by atoms with Crippen LogP contribution in [-0.4, -0.2) is 35.2 Å². The fraction of sp³-hybridized carbons (Fsp3) is 0.643. The predicted octanol–water partition coefficient (Wildman–Crippen LogP) is 3.53. The van der Waals surface area contributed by atoms with E-state index in [1.54, 1.807) is 0 Å². The first-order valence-electron chi connectivity index (χ1n) is 6.90. The molecule has 3 rings (SSSR count). The molecule has 2 unspecified atom stereocenters. The van der Waals surface area contributed by atoms with Gasteiger partial charge in [0.25, 0.3) is 0 Å². The second kappa shape index (κ2) is 5.96. The summed E-state index contributed by atoms with van der Waals surface area (Å²) in [6.07, 6.45) is 5.41. The Balaban J connectivity index is 1.74. The summed E-state index contributed by atoms with van der Waals surface area (Å²) in [6, 6.07) is 4.32. The van der Waals surface area contributed by atoms with Crippen LogP contribution in [-0.2, 0) is 11.3 Å². The minimum Gasteiger partial charge on any atom is -0.375 e. The first-order valence-corrected chi connectivity index (χ1v) is 7.66. The molecule has 1 aliphatic carbocycles. The van der Waals surface area contributed by atoms with Gasteiger partial charge in [-0.15, -0.1) is 0 Å². The quantitative estimate of drug-likeness (QED) is 0.781. The topological polar surface area (TPSA) is 25.4 Å². The number of aromatic nitrogens is 1. The van der Waals surface area contributed by atoms with Crippen LogP contribution in [0.25, 0.3) is 0 Å².